The molecule has 0 spiro atoms. The Morgan fingerprint density at radius 3 is 2.92 bits per heavy atom. The number of nitrogens with one attached hydrogen (secondary N) is 1. The number of rotatable bonds is 3. The minimum absolute atomic E-state index is 0.563. The number of piperazine rings is 1. The smallest absolute Gasteiger partial charge is 0.161 e. The molecule has 2 aromatic rings. The Bertz CT molecular complexity index is 797. The summed E-state index contributed by atoms with van der Waals surface area (Å²) in [4.78, 5) is 11.3. The van der Waals surface area contributed by atoms with E-state index in [-0.39, 0.29) is 0 Å². The quantitative estimate of drug-likeness (QED) is 0.934. The van der Waals surface area contributed by atoms with Gasteiger partial charge in [-0.3, -0.25) is 0 Å². The molecule has 0 bridgehead atoms. The molecule has 6 nitrogen and oxygen atoms in total. The zero-order chi connectivity index (χ0) is 16.5. The van der Waals surface area contributed by atoms with Crippen molar-refractivity contribution in [1.82, 2.24) is 30.0 Å². The number of hydrogen-bond donors (Lipinski definition) is 1. The minimum Gasteiger partial charge on any atom is -0.369 e. The molecule has 1 aliphatic heterocycles. The molecule has 0 aromatic carbocycles. The van der Waals surface area contributed by atoms with Gasteiger partial charge in [-0.05, 0) is 30.9 Å². The molecular formula is C18H24N6. The van der Waals surface area contributed by atoms with Crippen molar-refractivity contribution in [2.75, 3.05) is 26.2 Å². The Balaban J connectivity index is 1.59. The highest BCUT2D eigenvalue weighted by Gasteiger charge is 2.18. The lowest BCUT2D eigenvalue weighted by atomic mass is 9.93. The van der Waals surface area contributed by atoms with Crippen LogP contribution in [0.15, 0.2) is 35.8 Å². The lowest BCUT2D eigenvalue weighted by Crippen LogP contribution is -2.43. The minimum atomic E-state index is 0.563. The molecule has 1 aliphatic carbocycles. The summed E-state index contributed by atoms with van der Waals surface area (Å²) in [5.74, 6) is 1.35. The van der Waals surface area contributed by atoms with Gasteiger partial charge < -0.3 is 10.2 Å². The van der Waals surface area contributed by atoms with E-state index in [1.54, 1.807) is 0 Å². The van der Waals surface area contributed by atoms with Gasteiger partial charge in [0.15, 0.2) is 5.65 Å². The molecule has 4 rings (SSSR count). The van der Waals surface area contributed by atoms with Crippen molar-refractivity contribution in [1.29, 1.82) is 0 Å². The number of aryl methyl sites for hydroxylation is 1. The van der Waals surface area contributed by atoms with Crippen molar-refractivity contribution >= 4 is 11.0 Å². The number of fused-ring (bicyclic) bond motifs is 1. The SMILES string of the molecule is Cc1ncc2cnn(CC3=CC(N4CCNCC4)=CC(C)C3)c2n1. The maximum absolute atomic E-state index is 4.56. The van der Waals surface area contributed by atoms with E-state index in [1.807, 2.05) is 24.0 Å². The van der Waals surface area contributed by atoms with Crippen LogP contribution < -0.4 is 5.32 Å². The molecule has 1 saturated heterocycles. The fourth-order valence-electron chi connectivity index (χ4n) is 3.57. The predicted octanol–water partition coefficient (Wildman–Crippen LogP) is 1.89. The van der Waals surface area contributed by atoms with E-state index in [4.69, 9.17) is 0 Å². The summed E-state index contributed by atoms with van der Waals surface area (Å²) >= 11 is 0. The van der Waals surface area contributed by atoms with Crippen molar-refractivity contribution in [3.63, 3.8) is 0 Å². The monoisotopic (exact) mass is 324 g/mol. The van der Waals surface area contributed by atoms with E-state index in [9.17, 15) is 0 Å². The first-order valence-electron chi connectivity index (χ1n) is 8.71. The first kappa shape index (κ1) is 15.3. The Hall–Kier alpha value is -2.21. The molecule has 2 aliphatic rings. The van der Waals surface area contributed by atoms with Gasteiger partial charge in [-0.15, -0.1) is 0 Å². The van der Waals surface area contributed by atoms with Crippen molar-refractivity contribution in [3.8, 4) is 0 Å². The van der Waals surface area contributed by atoms with Gasteiger partial charge in [-0.1, -0.05) is 13.0 Å². The third kappa shape index (κ3) is 3.06. The molecule has 0 amide bonds. The fraction of sp³-hybridized carbons (Fsp3) is 0.500. The molecule has 0 radical (unpaired) electrons. The first-order chi connectivity index (χ1) is 11.7. The molecule has 0 saturated carbocycles. The highest BCUT2D eigenvalue weighted by molar-refractivity contribution is 5.73. The van der Waals surface area contributed by atoms with E-state index >= 15 is 0 Å². The fourth-order valence-corrected chi connectivity index (χ4v) is 3.57. The summed E-state index contributed by atoms with van der Waals surface area (Å²) in [5, 5.41) is 8.95. The van der Waals surface area contributed by atoms with Gasteiger partial charge in [0.2, 0.25) is 0 Å². The van der Waals surface area contributed by atoms with Crippen LogP contribution in [-0.4, -0.2) is 50.8 Å². The van der Waals surface area contributed by atoms with Crippen LogP contribution in [0.5, 0.6) is 0 Å². The van der Waals surface area contributed by atoms with E-state index in [2.05, 4.69) is 44.4 Å². The van der Waals surface area contributed by atoms with Crippen LogP contribution in [0.1, 0.15) is 19.2 Å². The van der Waals surface area contributed by atoms with Crippen LogP contribution in [0.25, 0.3) is 11.0 Å². The second kappa shape index (κ2) is 6.36. The van der Waals surface area contributed by atoms with E-state index < -0.39 is 0 Å². The Labute approximate surface area is 142 Å². The molecule has 1 atom stereocenters. The molecule has 1 fully saturated rings. The normalized spacial score (nSPS) is 21.8. The largest absolute Gasteiger partial charge is 0.369 e. The van der Waals surface area contributed by atoms with Crippen LogP contribution >= 0.6 is 0 Å². The molecule has 126 valence electrons. The second-order valence-corrected chi connectivity index (χ2v) is 6.81. The lowest BCUT2D eigenvalue weighted by molar-refractivity contribution is 0.302. The third-order valence-electron chi connectivity index (χ3n) is 4.72. The van der Waals surface area contributed by atoms with Crippen LogP contribution in [-0.2, 0) is 6.54 Å². The van der Waals surface area contributed by atoms with E-state index in [0.29, 0.717) is 5.92 Å². The third-order valence-corrected chi connectivity index (χ3v) is 4.72. The zero-order valence-corrected chi connectivity index (χ0v) is 14.4. The van der Waals surface area contributed by atoms with Gasteiger partial charge in [-0.2, -0.15) is 5.10 Å². The molecule has 1 N–H and O–H groups in total. The summed E-state index contributed by atoms with van der Waals surface area (Å²) in [6.45, 7) is 9.31. The Kier molecular flexibility index (Phi) is 4.06. The molecule has 2 aromatic heterocycles. The molecule has 3 heterocycles. The average molecular weight is 324 g/mol. The maximum Gasteiger partial charge on any atom is 0.161 e. The molecular weight excluding hydrogens is 300 g/mol. The van der Waals surface area contributed by atoms with Gasteiger partial charge in [0.05, 0.1) is 18.1 Å². The summed E-state index contributed by atoms with van der Waals surface area (Å²) in [6, 6.07) is 0. The number of aromatic nitrogens is 4. The predicted molar refractivity (Wildman–Crippen MR) is 94.4 cm³/mol. The van der Waals surface area contributed by atoms with Gasteiger partial charge in [0, 0.05) is 38.1 Å². The number of allylic oxidation sites excluding steroid dienone is 3. The average Bonchev–Trinajstić information content (AvgIpc) is 2.97. The summed E-state index contributed by atoms with van der Waals surface area (Å²) in [6.07, 6.45) is 9.55. The Morgan fingerprint density at radius 2 is 2.08 bits per heavy atom. The Morgan fingerprint density at radius 1 is 1.25 bits per heavy atom. The van der Waals surface area contributed by atoms with Gasteiger partial charge in [0.25, 0.3) is 0 Å². The highest BCUT2D eigenvalue weighted by Crippen LogP contribution is 2.26. The topological polar surface area (TPSA) is 58.9 Å². The second-order valence-electron chi connectivity index (χ2n) is 6.81. The van der Waals surface area contributed by atoms with Crippen molar-refractivity contribution in [2.24, 2.45) is 5.92 Å². The zero-order valence-electron chi connectivity index (χ0n) is 14.4. The van der Waals surface area contributed by atoms with Crippen molar-refractivity contribution in [3.05, 3.63) is 41.6 Å². The van der Waals surface area contributed by atoms with Crippen LogP contribution in [0.2, 0.25) is 0 Å². The van der Waals surface area contributed by atoms with Crippen LogP contribution in [0, 0.1) is 12.8 Å². The first-order valence-corrected chi connectivity index (χ1v) is 8.71. The highest BCUT2D eigenvalue weighted by atomic mass is 15.3. The standard InChI is InChI=1S/C18H24N6/c1-13-7-15(9-17(8-13)23-5-3-19-4-6-23)12-24-18-16(11-21-24)10-20-14(2)22-18/h8-11,13,19H,3-7,12H2,1-2H3. The van der Waals surface area contributed by atoms with Gasteiger partial charge in [-0.25, -0.2) is 14.6 Å². The number of nitrogens with zero attached hydrogens (tertiary/aromatic N) is 5. The van der Waals surface area contributed by atoms with Crippen LogP contribution in [0.3, 0.4) is 0 Å². The molecule has 24 heavy (non-hydrogen) atoms. The van der Waals surface area contributed by atoms with Crippen molar-refractivity contribution < 1.29 is 0 Å². The summed E-state index contributed by atoms with van der Waals surface area (Å²) in [5.41, 5.74) is 3.71. The van der Waals surface area contributed by atoms with Crippen LogP contribution in [0.4, 0.5) is 0 Å². The van der Waals surface area contributed by atoms with E-state index in [0.717, 1.165) is 56.0 Å². The summed E-state index contributed by atoms with van der Waals surface area (Å²) in [7, 11) is 0. The molecule has 1 unspecified atom stereocenters. The lowest BCUT2D eigenvalue weighted by Gasteiger charge is -2.33. The molecule has 6 heteroatoms. The van der Waals surface area contributed by atoms with Gasteiger partial charge in [0.1, 0.15) is 5.82 Å². The van der Waals surface area contributed by atoms with Gasteiger partial charge >= 0.3 is 0 Å². The van der Waals surface area contributed by atoms with Crippen molar-refractivity contribution in [2.45, 2.75) is 26.8 Å². The maximum atomic E-state index is 4.56. The van der Waals surface area contributed by atoms with E-state index in [1.165, 1.54) is 11.3 Å². The number of hydrogen-bond acceptors (Lipinski definition) is 5. The summed E-state index contributed by atoms with van der Waals surface area (Å²) < 4.78 is 2.00.